The molecule has 0 aromatic carbocycles. The van der Waals surface area contributed by atoms with E-state index in [0.717, 1.165) is 0 Å². The molecule has 0 bridgehead atoms. The van der Waals surface area contributed by atoms with E-state index in [1.54, 1.807) is 23.3 Å². The van der Waals surface area contributed by atoms with Gasteiger partial charge in [0.25, 0.3) is 0 Å². The molecular formula is C14H21N7. The second-order valence-electron chi connectivity index (χ2n) is 5.70. The average molecular weight is 287 g/mol. The van der Waals surface area contributed by atoms with Crippen LogP contribution in [-0.4, -0.2) is 37.6 Å². The van der Waals surface area contributed by atoms with Gasteiger partial charge in [-0.15, -0.1) is 0 Å². The highest BCUT2D eigenvalue weighted by Gasteiger charge is 2.27. The number of nitrogens with two attached hydrogens (primary N) is 1. The lowest BCUT2D eigenvalue weighted by Crippen LogP contribution is -2.40. The molecule has 0 spiro atoms. The fourth-order valence-corrected chi connectivity index (χ4v) is 3.04. The standard InChI is InChI=1S/C14H21N7/c1-10-5-3-4-6-11(10)20(2)13-17-12(15)18-14(19-13)21-8-7-16-9-21/h7-11H,3-6H2,1-2H3,(H2,15,17,18,19). The van der Waals surface area contributed by atoms with Gasteiger partial charge in [0.05, 0.1) is 0 Å². The van der Waals surface area contributed by atoms with E-state index in [1.165, 1.54) is 25.7 Å². The second kappa shape index (κ2) is 5.67. The average Bonchev–Trinajstić information content (AvgIpc) is 3.01. The Balaban J connectivity index is 1.91. The molecule has 2 atom stereocenters. The molecule has 1 aliphatic carbocycles. The van der Waals surface area contributed by atoms with Crippen LogP contribution < -0.4 is 10.6 Å². The molecule has 0 amide bonds. The van der Waals surface area contributed by atoms with Crippen LogP contribution in [0.15, 0.2) is 18.7 Å². The number of hydrogen-bond acceptors (Lipinski definition) is 6. The Morgan fingerprint density at radius 2 is 2.05 bits per heavy atom. The summed E-state index contributed by atoms with van der Waals surface area (Å²) in [5.41, 5.74) is 5.84. The van der Waals surface area contributed by atoms with Crippen molar-refractivity contribution >= 4 is 11.9 Å². The summed E-state index contributed by atoms with van der Waals surface area (Å²) in [4.78, 5) is 19.2. The van der Waals surface area contributed by atoms with Crippen LogP contribution in [0.4, 0.5) is 11.9 Å². The Morgan fingerprint density at radius 3 is 2.76 bits per heavy atom. The molecule has 21 heavy (non-hydrogen) atoms. The van der Waals surface area contributed by atoms with Gasteiger partial charge in [0.1, 0.15) is 6.33 Å². The number of anilines is 2. The Morgan fingerprint density at radius 1 is 1.24 bits per heavy atom. The van der Waals surface area contributed by atoms with Crippen LogP contribution in [0.3, 0.4) is 0 Å². The Hall–Kier alpha value is -2.18. The van der Waals surface area contributed by atoms with Gasteiger partial charge in [-0.05, 0) is 18.8 Å². The van der Waals surface area contributed by atoms with Crippen molar-refractivity contribution in [2.24, 2.45) is 5.92 Å². The van der Waals surface area contributed by atoms with Crippen molar-refractivity contribution in [3.8, 4) is 5.95 Å². The summed E-state index contributed by atoms with van der Waals surface area (Å²) in [5, 5.41) is 0. The fourth-order valence-electron chi connectivity index (χ4n) is 3.04. The molecule has 2 heterocycles. The topological polar surface area (TPSA) is 85.8 Å². The molecular weight excluding hydrogens is 266 g/mol. The summed E-state index contributed by atoms with van der Waals surface area (Å²) < 4.78 is 1.74. The van der Waals surface area contributed by atoms with Crippen LogP contribution in [0.25, 0.3) is 5.95 Å². The summed E-state index contributed by atoms with van der Waals surface area (Å²) in [6, 6.07) is 0.455. The van der Waals surface area contributed by atoms with E-state index in [4.69, 9.17) is 5.73 Å². The number of rotatable bonds is 3. The van der Waals surface area contributed by atoms with E-state index < -0.39 is 0 Å². The monoisotopic (exact) mass is 287 g/mol. The second-order valence-corrected chi connectivity index (χ2v) is 5.70. The third-order valence-electron chi connectivity index (χ3n) is 4.24. The largest absolute Gasteiger partial charge is 0.368 e. The smallest absolute Gasteiger partial charge is 0.241 e. The minimum absolute atomic E-state index is 0.235. The quantitative estimate of drug-likeness (QED) is 0.924. The molecule has 2 aromatic rings. The zero-order valence-corrected chi connectivity index (χ0v) is 12.5. The lowest BCUT2D eigenvalue weighted by atomic mass is 9.85. The molecule has 2 aromatic heterocycles. The highest BCUT2D eigenvalue weighted by molar-refractivity contribution is 5.38. The van der Waals surface area contributed by atoms with Crippen LogP contribution in [0, 0.1) is 5.92 Å². The zero-order valence-electron chi connectivity index (χ0n) is 12.5. The number of hydrogen-bond donors (Lipinski definition) is 1. The molecule has 3 rings (SSSR count). The molecule has 2 N–H and O–H groups in total. The van der Waals surface area contributed by atoms with Gasteiger partial charge in [0.2, 0.25) is 17.8 Å². The Bertz CT molecular complexity index is 595. The highest BCUT2D eigenvalue weighted by atomic mass is 15.3. The molecule has 7 heteroatoms. The minimum atomic E-state index is 0.235. The van der Waals surface area contributed by atoms with Crippen molar-refractivity contribution in [1.82, 2.24) is 24.5 Å². The normalized spacial score (nSPS) is 22.2. The number of nitrogen functional groups attached to an aromatic ring is 1. The van der Waals surface area contributed by atoms with Crippen LogP contribution in [-0.2, 0) is 0 Å². The van der Waals surface area contributed by atoms with E-state index >= 15 is 0 Å². The van der Waals surface area contributed by atoms with Gasteiger partial charge in [-0.2, -0.15) is 15.0 Å². The van der Waals surface area contributed by atoms with Crippen LogP contribution in [0.1, 0.15) is 32.6 Å². The van der Waals surface area contributed by atoms with Gasteiger partial charge >= 0.3 is 0 Å². The summed E-state index contributed by atoms with van der Waals surface area (Å²) in [7, 11) is 2.04. The SMILES string of the molecule is CC1CCCCC1N(C)c1nc(N)nc(-n2ccnc2)n1. The molecule has 112 valence electrons. The van der Waals surface area contributed by atoms with Crippen molar-refractivity contribution in [3.05, 3.63) is 18.7 Å². The molecule has 7 nitrogen and oxygen atoms in total. The van der Waals surface area contributed by atoms with E-state index in [-0.39, 0.29) is 5.95 Å². The number of imidazole rings is 1. The number of aromatic nitrogens is 5. The first kappa shape index (κ1) is 13.8. The van der Waals surface area contributed by atoms with Gasteiger partial charge in [0.15, 0.2) is 0 Å². The van der Waals surface area contributed by atoms with Gasteiger partial charge in [-0.25, -0.2) is 4.98 Å². The van der Waals surface area contributed by atoms with Crippen molar-refractivity contribution in [2.75, 3.05) is 17.7 Å². The van der Waals surface area contributed by atoms with E-state index in [2.05, 4.69) is 31.8 Å². The van der Waals surface area contributed by atoms with Gasteiger partial charge in [0, 0.05) is 25.5 Å². The van der Waals surface area contributed by atoms with Crippen LogP contribution >= 0.6 is 0 Å². The van der Waals surface area contributed by atoms with E-state index in [0.29, 0.717) is 23.9 Å². The van der Waals surface area contributed by atoms with Gasteiger partial charge < -0.3 is 10.6 Å². The van der Waals surface area contributed by atoms with Crippen molar-refractivity contribution in [3.63, 3.8) is 0 Å². The molecule has 1 fully saturated rings. The van der Waals surface area contributed by atoms with Crippen molar-refractivity contribution in [1.29, 1.82) is 0 Å². The molecule has 0 saturated heterocycles. The zero-order chi connectivity index (χ0) is 14.8. The molecule has 2 unspecified atom stereocenters. The first-order valence-corrected chi connectivity index (χ1v) is 7.38. The first-order valence-electron chi connectivity index (χ1n) is 7.38. The summed E-state index contributed by atoms with van der Waals surface area (Å²) in [5.74, 6) is 2.01. The maximum Gasteiger partial charge on any atom is 0.241 e. The van der Waals surface area contributed by atoms with Crippen LogP contribution in [0.5, 0.6) is 0 Å². The van der Waals surface area contributed by atoms with Crippen molar-refractivity contribution < 1.29 is 0 Å². The van der Waals surface area contributed by atoms with Crippen molar-refractivity contribution in [2.45, 2.75) is 38.6 Å². The third-order valence-corrected chi connectivity index (χ3v) is 4.24. The number of nitrogens with zero attached hydrogens (tertiary/aromatic N) is 6. The first-order chi connectivity index (χ1) is 10.1. The highest BCUT2D eigenvalue weighted by Crippen LogP contribution is 2.29. The molecule has 1 saturated carbocycles. The lowest BCUT2D eigenvalue weighted by molar-refractivity contribution is 0.319. The van der Waals surface area contributed by atoms with Crippen LogP contribution in [0.2, 0.25) is 0 Å². The lowest BCUT2D eigenvalue weighted by Gasteiger charge is -2.36. The Labute approximate surface area is 124 Å². The molecule has 0 aliphatic heterocycles. The minimum Gasteiger partial charge on any atom is -0.368 e. The van der Waals surface area contributed by atoms with Gasteiger partial charge in [-0.3, -0.25) is 4.57 Å². The van der Waals surface area contributed by atoms with Gasteiger partial charge in [-0.1, -0.05) is 19.8 Å². The summed E-state index contributed by atoms with van der Waals surface area (Å²) in [6.07, 6.45) is 10.1. The summed E-state index contributed by atoms with van der Waals surface area (Å²) >= 11 is 0. The summed E-state index contributed by atoms with van der Waals surface area (Å²) in [6.45, 7) is 2.29. The third kappa shape index (κ3) is 2.81. The maximum absolute atomic E-state index is 5.84. The predicted molar refractivity (Wildman–Crippen MR) is 81.2 cm³/mol. The van der Waals surface area contributed by atoms with E-state index in [1.807, 2.05) is 7.05 Å². The fraction of sp³-hybridized carbons (Fsp3) is 0.571. The molecule has 0 radical (unpaired) electrons. The Kier molecular flexibility index (Phi) is 3.72. The van der Waals surface area contributed by atoms with E-state index in [9.17, 15) is 0 Å². The molecule has 1 aliphatic rings. The predicted octanol–water partition coefficient (Wildman–Crippen LogP) is 1.65. The maximum atomic E-state index is 5.84.